The zero-order valence-electron chi connectivity index (χ0n) is 12.4. The van der Waals surface area contributed by atoms with Crippen molar-refractivity contribution in [2.24, 2.45) is 0 Å². The van der Waals surface area contributed by atoms with Gasteiger partial charge in [-0.05, 0) is 37.5 Å². The summed E-state index contributed by atoms with van der Waals surface area (Å²) >= 11 is 0. The van der Waals surface area contributed by atoms with Gasteiger partial charge in [-0.3, -0.25) is 0 Å². The Kier molecular flexibility index (Phi) is 4.88. The van der Waals surface area contributed by atoms with E-state index in [9.17, 15) is 13.2 Å². The third kappa shape index (κ3) is 4.46. The normalized spacial score (nSPS) is 17.4. The highest BCUT2D eigenvalue weighted by Crippen LogP contribution is 2.18. The summed E-state index contributed by atoms with van der Waals surface area (Å²) in [6.07, 6.45) is 5.62. The topological polar surface area (TPSA) is 75.3 Å². The summed E-state index contributed by atoms with van der Waals surface area (Å²) in [4.78, 5) is 12.2. The van der Waals surface area contributed by atoms with E-state index in [1.54, 1.807) is 24.3 Å². The Labute approximate surface area is 126 Å². The van der Waals surface area contributed by atoms with Gasteiger partial charge in [0.1, 0.15) is 0 Å². The van der Waals surface area contributed by atoms with Crippen molar-refractivity contribution in [1.29, 1.82) is 0 Å². The van der Waals surface area contributed by atoms with Crippen LogP contribution in [0.5, 0.6) is 0 Å². The second kappa shape index (κ2) is 6.47. The summed E-state index contributed by atoms with van der Waals surface area (Å²) in [5.74, 6) is 0. The van der Waals surface area contributed by atoms with Gasteiger partial charge in [-0.25, -0.2) is 13.2 Å². The Bertz CT molecular complexity index is 590. The number of hydrogen-bond donors (Lipinski definition) is 2. The molecule has 1 unspecified atom stereocenters. The average Bonchev–Trinajstić information content (AvgIpc) is 2.90. The highest BCUT2D eigenvalue weighted by Gasteiger charge is 2.18. The molecule has 1 fully saturated rings. The van der Waals surface area contributed by atoms with E-state index in [0.717, 1.165) is 18.4 Å². The van der Waals surface area contributed by atoms with Gasteiger partial charge < -0.3 is 10.6 Å². The lowest BCUT2D eigenvalue weighted by molar-refractivity contribution is 0.234. The van der Waals surface area contributed by atoms with Gasteiger partial charge >= 0.3 is 6.03 Å². The molecule has 0 aliphatic heterocycles. The first-order valence-electron chi connectivity index (χ1n) is 7.23. The average molecular weight is 310 g/mol. The minimum atomic E-state index is -3.18. The quantitative estimate of drug-likeness (QED) is 0.896. The van der Waals surface area contributed by atoms with E-state index in [1.165, 1.54) is 19.1 Å². The van der Waals surface area contributed by atoms with Gasteiger partial charge in [0, 0.05) is 12.3 Å². The third-order valence-electron chi connectivity index (χ3n) is 3.85. The molecule has 2 amide bonds. The molecule has 1 aromatic rings. The van der Waals surface area contributed by atoms with Crippen LogP contribution in [0, 0.1) is 0 Å². The Balaban J connectivity index is 1.93. The van der Waals surface area contributed by atoms with Gasteiger partial charge in [0.2, 0.25) is 0 Å². The lowest BCUT2D eigenvalue weighted by Crippen LogP contribution is -2.41. The third-order valence-corrected chi connectivity index (χ3v) is 4.97. The number of rotatable bonds is 4. The number of nitrogens with one attached hydrogen (secondary N) is 2. The van der Waals surface area contributed by atoms with Crippen LogP contribution in [0.15, 0.2) is 29.2 Å². The number of benzene rings is 1. The molecular weight excluding hydrogens is 288 g/mol. The van der Waals surface area contributed by atoms with Crippen LogP contribution < -0.4 is 10.6 Å². The predicted octanol–water partition coefficient (Wildman–Crippen LogP) is 2.39. The molecule has 0 aromatic heterocycles. The highest BCUT2D eigenvalue weighted by molar-refractivity contribution is 7.90. The molecule has 0 radical (unpaired) electrons. The van der Waals surface area contributed by atoms with E-state index in [-0.39, 0.29) is 23.0 Å². The highest BCUT2D eigenvalue weighted by atomic mass is 32.2. The molecule has 0 saturated heterocycles. The van der Waals surface area contributed by atoms with Gasteiger partial charge in [-0.1, -0.05) is 25.0 Å². The summed E-state index contributed by atoms with van der Waals surface area (Å²) in [6.45, 7) is 1.88. The zero-order chi connectivity index (χ0) is 15.5. The minimum Gasteiger partial charge on any atom is -0.335 e. The Morgan fingerprint density at radius 1 is 1.19 bits per heavy atom. The summed E-state index contributed by atoms with van der Waals surface area (Å²) in [5.41, 5.74) is 0.879. The molecule has 0 spiro atoms. The summed E-state index contributed by atoms with van der Waals surface area (Å²) < 4.78 is 22.8. The molecule has 2 rings (SSSR count). The minimum absolute atomic E-state index is 0.165. The zero-order valence-corrected chi connectivity index (χ0v) is 13.2. The Morgan fingerprint density at radius 3 is 2.29 bits per heavy atom. The standard InChI is InChI=1S/C15H22N2O3S/c1-11(16-15(18)17-13-5-3-4-6-13)12-7-9-14(10-8-12)21(2,19)20/h7-11,13H,3-6H2,1-2H3,(H2,16,17,18). The summed E-state index contributed by atoms with van der Waals surface area (Å²) in [6, 6.07) is 6.55. The SMILES string of the molecule is CC(NC(=O)NC1CCCC1)c1ccc(S(C)(=O)=O)cc1. The molecule has 1 aliphatic carbocycles. The van der Waals surface area contributed by atoms with Crippen LogP contribution in [0.2, 0.25) is 0 Å². The first kappa shape index (κ1) is 15.8. The molecule has 21 heavy (non-hydrogen) atoms. The molecule has 0 bridgehead atoms. The monoisotopic (exact) mass is 310 g/mol. The van der Waals surface area contributed by atoms with Crippen LogP contribution in [0.4, 0.5) is 4.79 Å². The smallest absolute Gasteiger partial charge is 0.315 e. The fourth-order valence-electron chi connectivity index (χ4n) is 2.58. The number of sulfone groups is 1. The maximum Gasteiger partial charge on any atom is 0.315 e. The summed E-state index contributed by atoms with van der Waals surface area (Å²) in [5, 5.41) is 5.85. The van der Waals surface area contributed by atoms with Crippen molar-refractivity contribution in [3.8, 4) is 0 Å². The van der Waals surface area contributed by atoms with E-state index < -0.39 is 9.84 Å². The van der Waals surface area contributed by atoms with Gasteiger partial charge in [0.25, 0.3) is 0 Å². The second-order valence-electron chi connectivity index (χ2n) is 5.66. The number of urea groups is 1. The molecule has 2 N–H and O–H groups in total. The maximum atomic E-state index is 11.9. The van der Waals surface area contributed by atoms with Gasteiger partial charge in [-0.2, -0.15) is 0 Å². The van der Waals surface area contributed by atoms with Crippen molar-refractivity contribution in [2.45, 2.75) is 49.6 Å². The van der Waals surface area contributed by atoms with Crippen LogP contribution >= 0.6 is 0 Å². The molecule has 1 aromatic carbocycles. The number of hydrogen-bond acceptors (Lipinski definition) is 3. The van der Waals surface area contributed by atoms with Crippen molar-refractivity contribution in [1.82, 2.24) is 10.6 Å². The molecule has 5 nitrogen and oxygen atoms in total. The largest absolute Gasteiger partial charge is 0.335 e. The molecule has 0 heterocycles. The molecular formula is C15H22N2O3S. The van der Waals surface area contributed by atoms with Gasteiger partial charge in [0.05, 0.1) is 10.9 Å². The van der Waals surface area contributed by atoms with Crippen LogP contribution in [-0.2, 0) is 9.84 Å². The van der Waals surface area contributed by atoms with Gasteiger partial charge in [-0.15, -0.1) is 0 Å². The number of carbonyl (C=O) groups is 1. The fourth-order valence-corrected chi connectivity index (χ4v) is 3.21. The van der Waals surface area contributed by atoms with Crippen LogP contribution in [0.1, 0.15) is 44.2 Å². The Hall–Kier alpha value is -1.56. The molecule has 1 saturated carbocycles. The number of carbonyl (C=O) groups excluding carboxylic acids is 1. The molecule has 1 aliphatic rings. The fraction of sp³-hybridized carbons (Fsp3) is 0.533. The second-order valence-corrected chi connectivity index (χ2v) is 7.68. The van der Waals surface area contributed by atoms with Gasteiger partial charge in [0.15, 0.2) is 9.84 Å². The lowest BCUT2D eigenvalue weighted by atomic mass is 10.1. The lowest BCUT2D eigenvalue weighted by Gasteiger charge is -2.18. The van der Waals surface area contributed by atoms with Crippen molar-refractivity contribution in [2.75, 3.05) is 6.26 Å². The van der Waals surface area contributed by atoms with Crippen molar-refractivity contribution < 1.29 is 13.2 Å². The van der Waals surface area contributed by atoms with Crippen molar-refractivity contribution >= 4 is 15.9 Å². The van der Waals surface area contributed by atoms with Crippen LogP contribution in [0.25, 0.3) is 0 Å². The van der Waals surface area contributed by atoms with E-state index in [4.69, 9.17) is 0 Å². The first-order chi connectivity index (χ1) is 9.86. The van der Waals surface area contributed by atoms with Crippen molar-refractivity contribution in [3.05, 3.63) is 29.8 Å². The maximum absolute atomic E-state index is 11.9. The number of amides is 2. The summed E-state index contributed by atoms with van der Waals surface area (Å²) in [7, 11) is -3.18. The van der Waals surface area contributed by atoms with E-state index in [2.05, 4.69) is 10.6 Å². The van der Waals surface area contributed by atoms with Crippen molar-refractivity contribution in [3.63, 3.8) is 0 Å². The molecule has 6 heteroatoms. The van der Waals surface area contributed by atoms with Crippen LogP contribution in [0.3, 0.4) is 0 Å². The van der Waals surface area contributed by atoms with E-state index in [0.29, 0.717) is 0 Å². The Morgan fingerprint density at radius 2 is 1.76 bits per heavy atom. The van der Waals surface area contributed by atoms with E-state index >= 15 is 0 Å². The predicted molar refractivity (Wildman–Crippen MR) is 81.9 cm³/mol. The first-order valence-corrected chi connectivity index (χ1v) is 9.12. The van der Waals surface area contributed by atoms with Crippen LogP contribution in [-0.4, -0.2) is 26.7 Å². The molecule has 116 valence electrons. The molecule has 1 atom stereocenters. The van der Waals surface area contributed by atoms with E-state index in [1.807, 2.05) is 6.92 Å².